The molecule has 2 heterocycles. The van der Waals surface area contributed by atoms with Crippen molar-refractivity contribution in [3.8, 4) is 11.4 Å². The van der Waals surface area contributed by atoms with Crippen molar-refractivity contribution in [1.82, 2.24) is 20.5 Å². The van der Waals surface area contributed by atoms with Crippen LogP contribution in [0.4, 0.5) is 0 Å². The van der Waals surface area contributed by atoms with Gasteiger partial charge in [-0.2, -0.15) is 5.10 Å². The maximum absolute atomic E-state index is 12.2. The Labute approximate surface area is 160 Å². The highest BCUT2D eigenvalue weighted by atomic mass is 79.9. The molecule has 1 unspecified atom stereocenters. The van der Waals surface area contributed by atoms with E-state index in [-0.39, 0.29) is 30.8 Å². The number of H-pyrrole nitrogens is 1. The largest absolute Gasteiger partial charge is 0.381 e. The van der Waals surface area contributed by atoms with Crippen molar-refractivity contribution < 1.29 is 9.53 Å². The van der Waals surface area contributed by atoms with Crippen LogP contribution in [0.2, 0.25) is 0 Å². The van der Waals surface area contributed by atoms with Gasteiger partial charge in [0.05, 0.1) is 12.6 Å². The average Bonchev–Trinajstić information content (AvgIpc) is 3.09. The minimum atomic E-state index is -0.511. The Balaban J connectivity index is 0.00000225. The molecule has 1 atom stereocenters. The van der Waals surface area contributed by atoms with Gasteiger partial charge in [0.1, 0.15) is 5.82 Å². The third kappa shape index (κ3) is 5.24. The second kappa shape index (κ2) is 9.28. The summed E-state index contributed by atoms with van der Waals surface area (Å²) in [6.45, 7) is 1.62. The topological polar surface area (TPSA) is 106 Å². The minimum Gasteiger partial charge on any atom is -0.381 e. The number of nitrogens with zero attached hydrogens (tertiary/aromatic N) is 2. The third-order valence-corrected chi connectivity index (χ3v) is 4.67. The lowest BCUT2D eigenvalue weighted by Gasteiger charge is -2.26. The fourth-order valence-corrected chi connectivity index (χ4v) is 2.94. The molecule has 1 fully saturated rings. The summed E-state index contributed by atoms with van der Waals surface area (Å²) < 4.78 is 6.29. The zero-order valence-corrected chi connectivity index (χ0v) is 16.0. The summed E-state index contributed by atoms with van der Waals surface area (Å²) in [7, 11) is 0. The van der Waals surface area contributed by atoms with Crippen molar-refractivity contribution >= 4 is 34.2 Å². The molecule has 1 aromatic heterocycles. The predicted molar refractivity (Wildman–Crippen MR) is 100 cm³/mol. The van der Waals surface area contributed by atoms with E-state index < -0.39 is 6.04 Å². The van der Waals surface area contributed by atoms with Crippen LogP contribution in [0.25, 0.3) is 11.4 Å². The molecule has 1 aliphatic rings. The molecule has 4 N–H and O–H groups in total. The second-order valence-electron chi connectivity index (χ2n) is 5.81. The van der Waals surface area contributed by atoms with Gasteiger partial charge in [-0.25, -0.2) is 4.98 Å². The molecule has 0 saturated carbocycles. The number of carbonyl (C=O) groups excluding carboxylic acids is 1. The Morgan fingerprint density at radius 3 is 2.72 bits per heavy atom. The number of rotatable bonds is 5. The lowest BCUT2D eigenvalue weighted by atomic mass is 9.92. The highest BCUT2D eigenvalue weighted by molar-refractivity contribution is 9.10. The molecule has 0 radical (unpaired) electrons. The third-order valence-electron chi connectivity index (χ3n) is 4.14. The highest BCUT2D eigenvalue weighted by Crippen LogP contribution is 2.19. The van der Waals surface area contributed by atoms with E-state index in [9.17, 15) is 4.79 Å². The minimum absolute atomic E-state index is 0. The summed E-state index contributed by atoms with van der Waals surface area (Å²) in [4.78, 5) is 16.6. The smallest absolute Gasteiger partial charge is 0.237 e. The Hall–Kier alpha value is -1.48. The van der Waals surface area contributed by atoms with E-state index in [1.807, 2.05) is 24.3 Å². The standard InChI is InChI=1S/C16H20BrN5O2.ClH/c17-12-3-1-11(2-4-12)15-20-13(21-22-15)9-19-16(23)14(18)10-5-7-24-8-6-10;/h1-4,10,14H,5-9,18H2,(H,19,23)(H,20,21,22);1H. The summed E-state index contributed by atoms with van der Waals surface area (Å²) in [5, 5.41) is 9.85. The van der Waals surface area contributed by atoms with Crippen LogP contribution in [-0.2, 0) is 16.1 Å². The van der Waals surface area contributed by atoms with Gasteiger partial charge in [-0.3, -0.25) is 9.89 Å². The van der Waals surface area contributed by atoms with Gasteiger partial charge in [-0.1, -0.05) is 28.1 Å². The molecule has 0 aliphatic carbocycles. The monoisotopic (exact) mass is 429 g/mol. The van der Waals surface area contributed by atoms with Crippen LogP contribution in [0.15, 0.2) is 28.7 Å². The highest BCUT2D eigenvalue weighted by Gasteiger charge is 2.26. The lowest BCUT2D eigenvalue weighted by Crippen LogP contribution is -2.46. The van der Waals surface area contributed by atoms with Crippen LogP contribution >= 0.6 is 28.3 Å². The molecule has 0 spiro atoms. The Bertz CT molecular complexity index is 688. The average molecular weight is 431 g/mol. The number of halogens is 2. The number of benzene rings is 1. The van der Waals surface area contributed by atoms with Gasteiger partial charge >= 0.3 is 0 Å². The molecule has 1 aliphatic heterocycles. The van der Waals surface area contributed by atoms with E-state index in [4.69, 9.17) is 10.5 Å². The molecule has 136 valence electrons. The number of carbonyl (C=O) groups is 1. The van der Waals surface area contributed by atoms with Gasteiger partial charge < -0.3 is 15.8 Å². The number of hydrogen-bond donors (Lipinski definition) is 3. The van der Waals surface area contributed by atoms with Crippen LogP contribution in [0.3, 0.4) is 0 Å². The van der Waals surface area contributed by atoms with E-state index in [2.05, 4.69) is 36.4 Å². The molecule has 1 aromatic carbocycles. The molecule has 25 heavy (non-hydrogen) atoms. The molecule has 9 heteroatoms. The van der Waals surface area contributed by atoms with Crippen molar-refractivity contribution in [2.75, 3.05) is 13.2 Å². The first kappa shape index (κ1) is 19.8. The summed E-state index contributed by atoms with van der Waals surface area (Å²) in [5.41, 5.74) is 6.96. The first-order valence-electron chi connectivity index (χ1n) is 7.92. The van der Waals surface area contributed by atoms with E-state index in [1.165, 1.54) is 0 Å². The maximum Gasteiger partial charge on any atom is 0.237 e. The first-order chi connectivity index (χ1) is 11.6. The van der Waals surface area contributed by atoms with E-state index in [0.717, 1.165) is 22.9 Å². The maximum atomic E-state index is 12.2. The zero-order valence-electron chi connectivity index (χ0n) is 13.6. The van der Waals surface area contributed by atoms with Crippen molar-refractivity contribution in [2.24, 2.45) is 11.7 Å². The molecular formula is C16H21BrClN5O2. The number of nitrogens with two attached hydrogens (primary N) is 1. The Morgan fingerprint density at radius 2 is 2.04 bits per heavy atom. The number of aromatic amines is 1. The zero-order chi connectivity index (χ0) is 16.9. The number of ether oxygens (including phenoxy) is 1. The van der Waals surface area contributed by atoms with Crippen molar-refractivity contribution in [1.29, 1.82) is 0 Å². The van der Waals surface area contributed by atoms with Gasteiger partial charge in [-0.15, -0.1) is 12.4 Å². The van der Waals surface area contributed by atoms with E-state index in [1.54, 1.807) is 0 Å². The molecule has 2 aromatic rings. The SMILES string of the molecule is Cl.NC(C(=O)NCc1nc(-c2ccc(Br)cc2)n[nH]1)C1CCOCC1. The quantitative estimate of drug-likeness (QED) is 0.673. The fourth-order valence-electron chi connectivity index (χ4n) is 2.68. The van der Waals surface area contributed by atoms with Gasteiger partial charge in [-0.05, 0) is 30.9 Å². The number of nitrogens with one attached hydrogen (secondary N) is 2. The number of hydrogen-bond acceptors (Lipinski definition) is 5. The number of aromatic nitrogens is 3. The Kier molecular flexibility index (Phi) is 7.37. The van der Waals surface area contributed by atoms with Crippen LogP contribution < -0.4 is 11.1 Å². The van der Waals surface area contributed by atoms with Crippen LogP contribution in [0.1, 0.15) is 18.7 Å². The molecule has 7 nitrogen and oxygen atoms in total. The summed E-state index contributed by atoms with van der Waals surface area (Å²) in [5.74, 6) is 1.20. The normalized spacial score (nSPS) is 16.1. The Morgan fingerprint density at radius 1 is 1.36 bits per heavy atom. The first-order valence-corrected chi connectivity index (χ1v) is 8.71. The van der Waals surface area contributed by atoms with Crippen molar-refractivity contribution in [3.05, 3.63) is 34.6 Å². The van der Waals surface area contributed by atoms with Crippen molar-refractivity contribution in [3.63, 3.8) is 0 Å². The molecule has 1 saturated heterocycles. The van der Waals surface area contributed by atoms with Gasteiger partial charge in [0, 0.05) is 23.2 Å². The molecule has 3 rings (SSSR count). The summed E-state index contributed by atoms with van der Waals surface area (Å²) in [6, 6.07) is 7.20. The lowest BCUT2D eigenvalue weighted by molar-refractivity contribution is -0.124. The van der Waals surface area contributed by atoms with Gasteiger partial charge in [0.25, 0.3) is 0 Å². The molecule has 1 amide bonds. The van der Waals surface area contributed by atoms with Gasteiger partial charge in [0.2, 0.25) is 5.91 Å². The van der Waals surface area contributed by atoms with Crippen LogP contribution in [0, 0.1) is 5.92 Å². The molecule has 0 bridgehead atoms. The predicted octanol–water partition coefficient (Wildman–Crippen LogP) is 2.03. The van der Waals surface area contributed by atoms with Crippen LogP contribution in [-0.4, -0.2) is 40.3 Å². The van der Waals surface area contributed by atoms with Crippen molar-refractivity contribution in [2.45, 2.75) is 25.4 Å². The van der Waals surface area contributed by atoms with E-state index >= 15 is 0 Å². The number of amides is 1. The fraction of sp³-hybridized carbons (Fsp3) is 0.438. The molecular weight excluding hydrogens is 410 g/mol. The van der Waals surface area contributed by atoms with Crippen LogP contribution in [0.5, 0.6) is 0 Å². The second-order valence-corrected chi connectivity index (χ2v) is 6.72. The summed E-state index contributed by atoms with van der Waals surface area (Å²) >= 11 is 3.39. The summed E-state index contributed by atoms with van der Waals surface area (Å²) in [6.07, 6.45) is 1.65. The van der Waals surface area contributed by atoms with E-state index in [0.29, 0.717) is 24.9 Å². The van der Waals surface area contributed by atoms with Gasteiger partial charge in [0.15, 0.2) is 5.82 Å².